The molecule has 0 spiro atoms. The third kappa shape index (κ3) is 5.44. The summed E-state index contributed by atoms with van der Waals surface area (Å²) >= 11 is 0. The maximum atomic E-state index is 12.3. The molecule has 0 aliphatic heterocycles. The van der Waals surface area contributed by atoms with Crippen LogP contribution in [0.2, 0.25) is 0 Å². The Balaban J connectivity index is 1.66. The zero-order valence-corrected chi connectivity index (χ0v) is 17.1. The zero-order valence-electron chi connectivity index (χ0n) is 17.1. The lowest BCUT2D eigenvalue weighted by Crippen LogP contribution is -2.11. The maximum absolute atomic E-state index is 12.3. The molecule has 0 radical (unpaired) electrons. The number of nitrogens with one attached hydrogen (secondary N) is 1. The Kier molecular flexibility index (Phi) is 7.00. The third-order valence-electron chi connectivity index (χ3n) is 4.82. The summed E-state index contributed by atoms with van der Waals surface area (Å²) in [5, 5.41) is 2.86. The van der Waals surface area contributed by atoms with Gasteiger partial charge in [-0.1, -0.05) is 6.07 Å². The van der Waals surface area contributed by atoms with E-state index in [0.29, 0.717) is 22.9 Å². The first-order valence-electron chi connectivity index (χ1n) is 9.68. The van der Waals surface area contributed by atoms with Crippen molar-refractivity contribution >= 4 is 17.7 Å². The van der Waals surface area contributed by atoms with Gasteiger partial charge in [0.1, 0.15) is 5.75 Å². The first kappa shape index (κ1) is 20.6. The minimum atomic E-state index is -0.239. The van der Waals surface area contributed by atoms with Crippen molar-refractivity contribution in [3.8, 4) is 23.0 Å². The Labute approximate surface area is 171 Å². The molecule has 154 valence electrons. The fourth-order valence-corrected chi connectivity index (χ4v) is 3.40. The smallest absolute Gasteiger partial charge is 0.248 e. The summed E-state index contributed by atoms with van der Waals surface area (Å²) in [7, 11) is 4.66. The Morgan fingerprint density at radius 3 is 2.31 bits per heavy atom. The van der Waals surface area contributed by atoms with Crippen molar-refractivity contribution < 1.29 is 23.7 Å². The van der Waals surface area contributed by atoms with Gasteiger partial charge >= 0.3 is 0 Å². The maximum Gasteiger partial charge on any atom is 0.248 e. The number of ether oxygens (including phenoxy) is 4. The number of hydrogen-bond acceptors (Lipinski definition) is 5. The Morgan fingerprint density at radius 2 is 1.69 bits per heavy atom. The molecule has 0 bridgehead atoms. The molecule has 2 aromatic carbocycles. The number of amides is 1. The van der Waals surface area contributed by atoms with Crippen LogP contribution in [0.4, 0.5) is 5.69 Å². The Hall–Kier alpha value is -3.15. The first-order chi connectivity index (χ1) is 14.1. The summed E-state index contributed by atoms with van der Waals surface area (Å²) in [4.78, 5) is 12.3. The normalized spacial score (nSPS) is 14.0. The van der Waals surface area contributed by atoms with Crippen molar-refractivity contribution in [1.82, 2.24) is 0 Å². The van der Waals surface area contributed by atoms with Crippen LogP contribution in [-0.2, 0) is 4.79 Å². The van der Waals surface area contributed by atoms with Gasteiger partial charge in [0, 0.05) is 17.8 Å². The van der Waals surface area contributed by atoms with Gasteiger partial charge in [0.05, 0.1) is 27.4 Å². The van der Waals surface area contributed by atoms with E-state index in [9.17, 15) is 4.79 Å². The summed E-state index contributed by atoms with van der Waals surface area (Å²) < 4.78 is 22.0. The predicted octanol–water partition coefficient (Wildman–Crippen LogP) is 4.69. The predicted molar refractivity (Wildman–Crippen MR) is 113 cm³/mol. The molecule has 1 aliphatic carbocycles. The van der Waals surface area contributed by atoms with Crippen molar-refractivity contribution in [2.45, 2.75) is 31.8 Å². The molecule has 0 unspecified atom stereocenters. The quantitative estimate of drug-likeness (QED) is 0.655. The summed E-state index contributed by atoms with van der Waals surface area (Å²) in [6.07, 6.45) is 8.05. The standard InChI is InChI=1S/C23H27NO5/c1-26-20-13-16(14-21(27-2)23(20)28-3)11-12-22(25)24-17-7-6-10-19(15-17)29-18-8-4-5-9-18/h6-7,10-15,18H,4-5,8-9H2,1-3H3,(H,24,25)/b12-11+. The average molecular weight is 397 g/mol. The first-order valence-corrected chi connectivity index (χ1v) is 9.68. The molecular weight excluding hydrogens is 370 g/mol. The highest BCUT2D eigenvalue weighted by Gasteiger charge is 2.16. The second-order valence-corrected chi connectivity index (χ2v) is 6.83. The third-order valence-corrected chi connectivity index (χ3v) is 4.82. The Bertz CT molecular complexity index is 846. The highest BCUT2D eigenvalue weighted by atomic mass is 16.5. The van der Waals surface area contributed by atoms with E-state index in [1.54, 1.807) is 39.5 Å². The van der Waals surface area contributed by atoms with Crippen LogP contribution in [0.15, 0.2) is 42.5 Å². The number of carbonyl (C=O) groups excluding carboxylic acids is 1. The molecule has 29 heavy (non-hydrogen) atoms. The van der Waals surface area contributed by atoms with Crippen LogP contribution in [-0.4, -0.2) is 33.3 Å². The van der Waals surface area contributed by atoms with Gasteiger partial charge in [0.25, 0.3) is 0 Å². The van der Waals surface area contributed by atoms with Gasteiger partial charge < -0.3 is 24.3 Å². The molecule has 6 nitrogen and oxygen atoms in total. The number of rotatable bonds is 8. The number of hydrogen-bond donors (Lipinski definition) is 1. The summed E-state index contributed by atoms with van der Waals surface area (Å²) in [5.74, 6) is 2.11. The summed E-state index contributed by atoms with van der Waals surface area (Å²) in [5.41, 5.74) is 1.45. The van der Waals surface area contributed by atoms with E-state index in [1.165, 1.54) is 18.9 Å². The van der Waals surface area contributed by atoms with Crippen LogP contribution in [0.25, 0.3) is 6.08 Å². The van der Waals surface area contributed by atoms with Gasteiger partial charge in [-0.25, -0.2) is 0 Å². The minimum absolute atomic E-state index is 0.239. The second-order valence-electron chi connectivity index (χ2n) is 6.83. The molecule has 1 N–H and O–H groups in total. The largest absolute Gasteiger partial charge is 0.493 e. The Morgan fingerprint density at radius 1 is 1.00 bits per heavy atom. The number of methoxy groups -OCH3 is 3. The van der Waals surface area contributed by atoms with Gasteiger partial charge in [-0.15, -0.1) is 0 Å². The van der Waals surface area contributed by atoms with Crippen molar-refractivity contribution in [2.24, 2.45) is 0 Å². The van der Waals surface area contributed by atoms with E-state index in [4.69, 9.17) is 18.9 Å². The molecular formula is C23H27NO5. The van der Waals surface area contributed by atoms with Crippen molar-refractivity contribution in [3.05, 3.63) is 48.0 Å². The molecule has 2 aromatic rings. The van der Waals surface area contributed by atoms with E-state index in [2.05, 4.69) is 5.32 Å². The van der Waals surface area contributed by atoms with E-state index >= 15 is 0 Å². The average Bonchev–Trinajstić information content (AvgIpc) is 3.24. The van der Waals surface area contributed by atoms with E-state index < -0.39 is 0 Å². The molecule has 1 saturated carbocycles. The molecule has 0 saturated heterocycles. The van der Waals surface area contributed by atoms with Crippen LogP contribution in [0.5, 0.6) is 23.0 Å². The van der Waals surface area contributed by atoms with Crippen molar-refractivity contribution in [3.63, 3.8) is 0 Å². The molecule has 3 rings (SSSR count). The second kappa shape index (κ2) is 9.87. The fraction of sp³-hybridized carbons (Fsp3) is 0.348. The molecule has 1 amide bonds. The zero-order chi connectivity index (χ0) is 20.6. The van der Waals surface area contributed by atoms with Gasteiger partial charge in [-0.05, 0) is 61.6 Å². The lowest BCUT2D eigenvalue weighted by molar-refractivity contribution is -0.111. The molecule has 1 fully saturated rings. The van der Waals surface area contributed by atoms with Gasteiger partial charge in [-0.2, -0.15) is 0 Å². The number of carbonyl (C=O) groups is 1. The molecule has 1 aliphatic rings. The number of benzene rings is 2. The lowest BCUT2D eigenvalue weighted by Gasteiger charge is -2.14. The lowest BCUT2D eigenvalue weighted by atomic mass is 10.1. The highest BCUT2D eigenvalue weighted by Crippen LogP contribution is 2.38. The van der Waals surface area contributed by atoms with E-state index in [0.717, 1.165) is 24.2 Å². The van der Waals surface area contributed by atoms with E-state index in [1.807, 2.05) is 24.3 Å². The van der Waals surface area contributed by atoms with Crippen LogP contribution >= 0.6 is 0 Å². The molecule has 0 heterocycles. The van der Waals surface area contributed by atoms with Gasteiger partial charge in [0.15, 0.2) is 11.5 Å². The topological polar surface area (TPSA) is 66.0 Å². The van der Waals surface area contributed by atoms with Crippen LogP contribution in [0.1, 0.15) is 31.2 Å². The van der Waals surface area contributed by atoms with Crippen molar-refractivity contribution in [2.75, 3.05) is 26.6 Å². The van der Waals surface area contributed by atoms with Crippen LogP contribution < -0.4 is 24.3 Å². The monoisotopic (exact) mass is 397 g/mol. The summed E-state index contributed by atoms with van der Waals surface area (Å²) in [6, 6.07) is 11.0. The summed E-state index contributed by atoms with van der Waals surface area (Å²) in [6.45, 7) is 0. The molecule has 0 aromatic heterocycles. The SMILES string of the molecule is COc1cc(/C=C/C(=O)Nc2cccc(OC3CCCC3)c2)cc(OC)c1OC. The van der Waals surface area contributed by atoms with Gasteiger partial charge in [-0.3, -0.25) is 4.79 Å². The van der Waals surface area contributed by atoms with Crippen LogP contribution in [0.3, 0.4) is 0 Å². The molecule has 0 atom stereocenters. The fourth-order valence-electron chi connectivity index (χ4n) is 3.40. The highest BCUT2D eigenvalue weighted by molar-refractivity contribution is 6.02. The molecule has 6 heteroatoms. The minimum Gasteiger partial charge on any atom is -0.493 e. The van der Waals surface area contributed by atoms with Gasteiger partial charge in [0.2, 0.25) is 11.7 Å². The van der Waals surface area contributed by atoms with Crippen molar-refractivity contribution in [1.29, 1.82) is 0 Å². The number of anilines is 1. The van der Waals surface area contributed by atoms with E-state index in [-0.39, 0.29) is 12.0 Å². The van der Waals surface area contributed by atoms with Crippen LogP contribution in [0, 0.1) is 0 Å².